The number of rotatable bonds is 4. The van der Waals surface area contributed by atoms with Crippen molar-refractivity contribution < 1.29 is 4.79 Å². The molecule has 1 amide bonds. The zero-order valence-electron chi connectivity index (χ0n) is 14.3. The normalized spacial score (nSPS) is 11.1. The fourth-order valence-corrected chi connectivity index (χ4v) is 3.22. The van der Waals surface area contributed by atoms with Crippen molar-refractivity contribution in [3.05, 3.63) is 85.7 Å². The summed E-state index contributed by atoms with van der Waals surface area (Å²) in [6.45, 7) is 4.09. The van der Waals surface area contributed by atoms with Gasteiger partial charge in [0.25, 0.3) is 5.91 Å². The lowest BCUT2D eigenvalue weighted by molar-refractivity contribution is 0.0955. The van der Waals surface area contributed by atoms with Crippen molar-refractivity contribution in [2.75, 3.05) is 0 Å². The van der Waals surface area contributed by atoms with Crippen molar-refractivity contribution in [3.8, 4) is 5.69 Å². The third-order valence-corrected chi connectivity index (χ3v) is 5.00. The predicted octanol–water partition coefficient (Wildman–Crippen LogP) is 5.12. The summed E-state index contributed by atoms with van der Waals surface area (Å²) in [6.07, 6.45) is 1.67. The Labute approximate surface area is 171 Å². The molecule has 0 spiro atoms. The predicted molar refractivity (Wildman–Crippen MR) is 114 cm³/mol. The van der Waals surface area contributed by atoms with E-state index in [-0.39, 0.29) is 5.91 Å². The van der Waals surface area contributed by atoms with E-state index in [0.717, 1.165) is 22.6 Å². The first kappa shape index (κ1) is 18.7. The van der Waals surface area contributed by atoms with Crippen molar-refractivity contribution in [2.45, 2.75) is 13.8 Å². The summed E-state index contributed by atoms with van der Waals surface area (Å²) in [5, 5.41) is 4.68. The molecule has 0 unspecified atom stereocenters. The van der Waals surface area contributed by atoms with Crippen molar-refractivity contribution in [2.24, 2.45) is 5.10 Å². The molecule has 26 heavy (non-hydrogen) atoms. The van der Waals surface area contributed by atoms with E-state index < -0.39 is 0 Å². The zero-order chi connectivity index (χ0) is 18.7. The molecule has 3 aromatic rings. The highest BCUT2D eigenvalue weighted by Gasteiger charge is 2.09. The lowest BCUT2D eigenvalue weighted by atomic mass is 10.2. The van der Waals surface area contributed by atoms with Crippen molar-refractivity contribution in [1.29, 1.82) is 0 Å². The summed E-state index contributed by atoms with van der Waals surface area (Å²) >= 11 is 8.12. The van der Waals surface area contributed by atoms with E-state index in [1.54, 1.807) is 30.5 Å². The molecule has 1 N–H and O–H groups in total. The van der Waals surface area contributed by atoms with Gasteiger partial charge in [0.1, 0.15) is 0 Å². The van der Waals surface area contributed by atoms with Gasteiger partial charge in [0.05, 0.1) is 6.21 Å². The van der Waals surface area contributed by atoms with E-state index >= 15 is 0 Å². The molecule has 0 radical (unpaired) electrons. The van der Waals surface area contributed by atoms with Crippen LogP contribution in [0.15, 0.2) is 59.7 Å². The van der Waals surface area contributed by atoms with Crippen LogP contribution >= 0.6 is 34.2 Å². The molecule has 4 nitrogen and oxygen atoms in total. The van der Waals surface area contributed by atoms with Crippen LogP contribution in [0.1, 0.15) is 27.3 Å². The van der Waals surface area contributed by atoms with Gasteiger partial charge in [-0.05, 0) is 91.0 Å². The van der Waals surface area contributed by atoms with Gasteiger partial charge in [-0.15, -0.1) is 0 Å². The van der Waals surface area contributed by atoms with Gasteiger partial charge in [0, 0.05) is 36.8 Å². The van der Waals surface area contributed by atoms with E-state index in [2.05, 4.69) is 68.9 Å². The highest BCUT2D eigenvalue weighted by atomic mass is 127. The van der Waals surface area contributed by atoms with Crippen LogP contribution in [0.2, 0.25) is 5.02 Å². The van der Waals surface area contributed by atoms with Crippen LogP contribution in [0.4, 0.5) is 0 Å². The van der Waals surface area contributed by atoms with Gasteiger partial charge in [-0.25, -0.2) is 5.43 Å². The van der Waals surface area contributed by atoms with Crippen LogP contribution in [0.3, 0.4) is 0 Å². The van der Waals surface area contributed by atoms with Crippen LogP contribution in [-0.4, -0.2) is 16.7 Å². The van der Waals surface area contributed by atoms with Crippen LogP contribution in [0.25, 0.3) is 5.69 Å². The number of hydrogen-bond donors (Lipinski definition) is 1. The lowest BCUT2D eigenvalue weighted by Crippen LogP contribution is -2.17. The van der Waals surface area contributed by atoms with Gasteiger partial charge in [0.2, 0.25) is 0 Å². The second kappa shape index (κ2) is 8.05. The standard InChI is InChI=1S/C20H17ClIN3O/c1-13-11-16(14(2)25(13)19-9-7-18(22)8-10-19)12-23-24-20(26)15-3-5-17(21)6-4-15/h3-12H,1-2H3,(H,24,26)/b23-12-. The molecule has 0 aliphatic rings. The van der Waals surface area contributed by atoms with E-state index in [9.17, 15) is 4.79 Å². The minimum Gasteiger partial charge on any atom is -0.318 e. The number of carbonyl (C=O) groups is 1. The first-order valence-corrected chi connectivity index (χ1v) is 9.45. The Bertz CT molecular complexity index is 960. The summed E-state index contributed by atoms with van der Waals surface area (Å²) in [5.74, 6) is -0.274. The number of benzene rings is 2. The number of nitrogens with one attached hydrogen (secondary N) is 1. The van der Waals surface area contributed by atoms with Gasteiger partial charge < -0.3 is 4.57 Å². The fraction of sp³-hybridized carbons (Fsp3) is 0.100. The molecule has 6 heteroatoms. The number of hydrogen-bond acceptors (Lipinski definition) is 2. The van der Waals surface area contributed by atoms with Gasteiger partial charge >= 0.3 is 0 Å². The Morgan fingerprint density at radius 2 is 1.77 bits per heavy atom. The minimum atomic E-state index is -0.274. The Morgan fingerprint density at radius 1 is 1.12 bits per heavy atom. The topological polar surface area (TPSA) is 46.4 Å². The Morgan fingerprint density at radius 3 is 2.42 bits per heavy atom. The summed E-state index contributed by atoms with van der Waals surface area (Å²) in [6, 6.07) is 17.1. The molecular formula is C20H17ClIN3O. The number of aromatic nitrogens is 1. The smallest absolute Gasteiger partial charge is 0.271 e. The number of nitrogens with zero attached hydrogens (tertiary/aromatic N) is 2. The minimum absolute atomic E-state index is 0.274. The average molecular weight is 478 g/mol. The van der Waals surface area contributed by atoms with E-state index in [0.29, 0.717) is 10.6 Å². The van der Waals surface area contributed by atoms with Gasteiger partial charge in [-0.3, -0.25) is 4.79 Å². The summed E-state index contributed by atoms with van der Waals surface area (Å²) in [4.78, 5) is 12.1. The molecule has 2 aromatic carbocycles. The van der Waals surface area contributed by atoms with Crippen LogP contribution < -0.4 is 5.43 Å². The Kier molecular flexibility index (Phi) is 5.78. The first-order valence-electron chi connectivity index (χ1n) is 7.99. The third-order valence-electron chi connectivity index (χ3n) is 4.03. The molecule has 0 fully saturated rings. The molecule has 0 saturated heterocycles. The fourth-order valence-electron chi connectivity index (χ4n) is 2.73. The molecule has 0 bridgehead atoms. The largest absolute Gasteiger partial charge is 0.318 e. The highest BCUT2D eigenvalue weighted by molar-refractivity contribution is 14.1. The zero-order valence-corrected chi connectivity index (χ0v) is 17.2. The van der Waals surface area contributed by atoms with Crippen LogP contribution in [0.5, 0.6) is 0 Å². The molecule has 1 aromatic heterocycles. The molecule has 132 valence electrons. The average Bonchev–Trinajstić information content (AvgIpc) is 2.90. The van der Waals surface area contributed by atoms with E-state index in [1.807, 2.05) is 13.0 Å². The monoisotopic (exact) mass is 477 g/mol. The van der Waals surface area contributed by atoms with Crippen molar-refractivity contribution in [1.82, 2.24) is 9.99 Å². The van der Waals surface area contributed by atoms with E-state index in [4.69, 9.17) is 11.6 Å². The van der Waals surface area contributed by atoms with Crippen LogP contribution in [-0.2, 0) is 0 Å². The van der Waals surface area contributed by atoms with E-state index in [1.165, 1.54) is 3.57 Å². The van der Waals surface area contributed by atoms with Crippen molar-refractivity contribution in [3.63, 3.8) is 0 Å². The number of amides is 1. The lowest BCUT2D eigenvalue weighted by Gasteiger charge is -2.09. The van der Waals surface area contributed by atoms with Crippen LogP contribution in [0, 0.1) is 17.4 Å². The third kappa shape index (κ3) is 4.16. The quantitative estimate of drug-likeness (QED) is 0.317. The maximum absolute atomic E-state index is 12.1. The number of carbonyl (C=O) groups excluding carboxylic acids is 1. The first-order chi connectivity index (χ1) is 12.5. The van der Waals surface area contributed by atoms with Gasteiger partial charge in [-0.2, -0.15) is 5.10 Å². The van der Waals surface area contributed by atoms with Gasteiger partial charge in [0.15, 0.2) is 0 Å². The Hall–Kier alpha value is -2.12. The molecule has 0 aliphatic carbocycles. The molecule has 0 atom stereocenters. The second-order valence-electron chi connectivity index (χ2n) is 5.84. The molecule has 0 saturated carbocycles. The molecule has 1 heterocycles. The Balaban J connectivity index is 1.77. The summed E-state index contributed by atoms with van der Waals surface area (Å²) in [5.41, 5.74) is 7.28. The maximum atomic E-state index is 12.1. The van der Waals surface area contributed by atoms with Crippen molar-refractivity contribution >= 4 is 46.3 Å². The highest BCUT2D eigenvalue weighted by Crippen LogP contribution is 2.20. The second-order valence-corrected chi connectivity index (χ2v) is 7.53. The number of aryl methyl sites for hydroxylation is 1. The summed E-state index contributed by atoms with van der Waals surface area (Å²) < 4.78 is 3.36. The maximum Gasteiger partial charge on any atom is 0.271 e. The van der Waals surface area contributed by atoms with Gasteiger partial charge in [-0.1, -0.05) is 11.6 Å². The molecular weight excluding hydrogens is 461 g/mol. The molecule has 3 rings (SSSR count). The molecule has 0 aliphatic heterocycles. The summed E-state index contributed by atoms with van der Waals surface area (Å²) in [7, 11) is 0. The SMILES string of the molecule is Cc1cc(/C=N\NC(=O)c2ccc(Cl)cc2)c(C)n1-c1ccc(I)cc1. The number of hydrazone groups is 1. The number of halogens is 2.